The van der Waals surface area contributed by atoms with Gasteiger partial charge in [0.2, 0.25) is 0 Å². The number of carboxylic acid groups (broad SMARTS) is 1. The molecule has 3 rings (SSSR count). The monoisotopic (exact) mass is 317 g/mol. The molecule has 0 spiro atoms. The number of nitrogens with zero attached hydrogens (tertiary/aromatic N) is 3. The number of carboxylic acids is 1. The zero-order valence-corrected chi connectivity index (χ0v) is 13.9. The molecule has 0 amide bonds. The lowest BCUT2D eigenvalue weighted by atomic mass is 9.86. The van der Waals surface area contributed by atoms with Crippen LogP contribution in [-0.2, 0) is 16.6 Å². The van der Waals surface area contributed by atoms with Gasteiger partial charge in [0.15, 0.2) is 5.69 Å². The summed E-state index contributed by atoms with van der Waals surface area (Å²) in [6.45, 7) is 8.02. The van der Waals surface area contributed by atoms with E-state index in [1.807, 2.05) is 4.40 Å². The normalized spacial score (nSPS) is 16.8. The summed E-state index contributed by atoms with van der Waals surface area (Å²) in [6.07, 6.45) is 4.62. The second-order valence-electron chi connectivity index (χ2n) is 7.22. The summed E-state index contributed by atoms with van der Waals surface area (Å²) in [5.74, 6) is -0.456. The minimum absolute atomic E-state index is 0.0283. The van der Waals surface area contributed by atoms with E-state index in [1.54, 1.807) is 12.4 Å². The van der Waals surface area contributed by atoms with Gasteiger partial charge in [0.1, 0.15) is 12.0 Å². The standard InChI is InChI=1S/C17H23N3O3/c1-17(2,3)15-13(8-11-4-6-23-7-5-11)20-10-18-12(16(21)22)9-14(20)19-15/h9-11H,4-8H2,1-3H3,(H,21,22). The molecular weight excluding hydrogens is 294 g/mol. The van der Waals surface area contributed by atoms with Gasteiger partial charge >= 0.3 is 5.97 Å². The summed E-state index contributed by atoms with van der Waals surface area (Å²) >= 11 is 0. The zero-order chi connectivity index (χ0) is 16.6. The maximum Gasteiger partial charge on any atom is 0.354 e. The third-order valence-electron chi connectivity index (χ3n) is 4.37. The van der Waals surface area contributed by atoms with Crippen molar-refractivity contribution in [1.82, 2.24) is 14.4 Å². The summed E-state index contributed by atoms with van der Waals surface area (Å²) in [4.78, 5) is 19.9. The van der Waals surface area contributed by atoms with E-state index >= 15 is 0 Å². The van der Waals surface area contributed by atoms with E-state index in [4.69, 9.17) is 14.8 Å². The molecule has 2 aromatic heterocycles. The van der Waals surface area contributed by atoms with Gasteiger partial charge < -0.3 is 9.84 Å². The number of carbonyl (C=O) groups is 1. The SMILES string of the molecule is CC(C)(C)c1nc2cc(C(=O)O)ncn2c1CC1CCOCC1. The van der Waals surface area contributed by atoms with Crippen LogP contribution < -0.4 is 0 Å². The van der Waals surface area contributed by atoms with Gasteiger partial charge in [0.25, 0.3) is 0 Å². The number of aromatic nitrogens is 3. The van der Waals surface area contributed by atoms with Crippen molar-refractivity contribution in [3.63, 3.8) is 0 Å². The molecule has 0 unspecified atom stereocenters. The quantitative estimate of drug-likeness (QED) is 0.942. The van der Waals surface area contributed by atoms with Crippen molar-refractivity contribution in [3.8, 4) is 0 Å². The molecule has 3 heterocycles. The van der Waals surface area contributed by atoms with E-state index < -0.39 is 5.97 Å². The molecule has 0 radical (unpaired) electrons. The first-order chi connectivity index (χ1) is 10.9. The van der Waals surface area contributed by atoms with Gasteiger partial charge in [0.05, 0.1) is 5.69 Å². The molecule has 0 bridgehead atoms. The van der Waals surface area contributed by atoms with Crippen LogP contribution in [0.15, 0.2) is 12.4 Å². The number of fused-ring (bicyclic) bond motifs is 1. The third-order valence-corrected chi connectivity index (χ3v) is 4.37. The van der Waals surface area contributed by atoms with Crippen LogP contribution in [-0.4, -0.2) is 38.7 Å². The predicted octanol–water partition coefficient (Wildman–Crippen LogP) is 2.69. The number of imidazole rings is 1. The molecule has 1 fully saturated rings. The van der Waals surface area contributed by atoms with Crippen LogP contribution in [0.4, 0.5) is 0 Å². The van der Waals surface area contributed by atoms with E-state index in [9.17, 15) is 4.79 Å². The molecule has 1 N–H and O–H groups in total. The van der Waals surface area contributed by atoms with Crippen LogP contribution in [0.3, 0.4) is 0 Å². The highest BCUT2D eigenvalue weighted by atomic mass is 16.5. The van der Waals surface area contributed by atoms with E-state index in [-0.39, 0.29) is 11.1 Å². The van der Waals surface area contributed by atoms with Crippen LogP contribution in [0.5, 0.6) is 0 Å². The number of ether oxygens (including phenoxy) is 1. The predicted molar refractivity (Wildman–Crippen MR) is 85.9 cm³/mol. The highest BCUT2D eigenvalue weighted by Crippen LogP contribution is 2.30. The first kappa shape index (κ1) is 15.9. The molecule has 0 atom stereocenters. The summed E-state index contributed by atoms with van der Waals surface area (Å²) in [6, 6.07) is 1.55. The number of rotatable bonds is 3. The summed E-state index contributed by atoms with van der Waals surface area (Å²) in [7, 11) is 0. The van der Waals surface area contributed by atoms with Gasteiger partial charge in [-0.25, -0.2) is 14.8 Å². The van der Waals surface area contributed by atoms with E-state index in [0.29, 0.717) is 11.6 Å². The maximum atomic E-state index is 11.1. The number of hydrogen-bond acceptors (Lipinski definition) is 4. The Morgan fingerprint density at radius 3 is 2.70 bits per heavy atom. The topological polar surface area (TPSA) is 76.7 Å². The average molecular weight is 317 g/mol. The molecule has 6 heteroatoms. The van der Waals surface area contributed by atoms with Crippen LogP contribution in [0, 0.1) is 5.92 Å². The van der Waals surface area contributed by atoms with Gasteiger partial charge in [-0.15, -0.1) is 0 Å². The molecule has 1 saturated heterocycles. The molecule has 0 saturated carbocycles. The van der Waals surface area contributed by atoms with Gasteiger partial charge in [-0.1, -0.05) is 20.8 Å². The molecule has 124 valence electrons. The summed E-state index contributed by atoms with van der Waals surface area (Å²) < 4.78 is 7.39. The van der Waals surface area contributed by atoms with Crippen molar-refractivity contribution in [2.75, 3.05) is 13.2 Å². The van der Waals surface area contributed by atoms with Gasteiger partial charge in [0, 0.05) is 30.4 Å². The fourth-order valence-corrected chi connectivity index (χ4v) is 3.13. The number of hydrogen-bond donors (Lipinski definition) is 1. The minimum Gasteiger partial charge on any atom is -0.477 e. The molecule has 6 nitrogen and oxygen atoms in total. The van der Waals surface area contributed by atoms with Crippen LogP contribution in [0.1, 0.15) is 55.5 Å². The van der Waals surface area contributed by atoms with Crippen molar-refractivity contribution in [1.29, 1.82) is 0 Å². The van der Waals surface area contributed by atoms with Crippen molar-refractivity contribution < 1.29 is 14.6 Å². The second kappa shape index (κ2) is 5.92. The van der Waals surface area contributed by atoms with Crippen LogP contribution >= 0.6 is 0 Å². The smallest absolute Gasteiger partial charge is 0.354 e. The van der Waals surface area contributed by atoms with E-state index in [0.717, 1.165) is 43.9 Å². The van der Waals surface area contributed by atoms with Crippen molar-refractivity contribution in [2.45, 2.75) is 45.4 Å². The van der Waals surface area contributed by atoms with Crippen molar-refractivity contribution in [2.24, 2.45) is 5.92 Å². The Balaban J connectivity index is 2.06. The molecule has 1 aliphatic rings. The Kier molecular flexibility index (Phi) is 4.10. The Morgan fingerprint density at radius 1 is 1.39 bits per heavy atom. The second-order valence-corrected chi connectivity index (χ2v) is 7.22. The molecule has 0 aromatic carbocycles. The first-order valence-electron chi connectivity index (χ1n) is 8.05. The largest absolute Gasteiger partial charge is 0.477 e. The molecule has 0 aliphatic carbocycles. The maximum absolute atomic E-state index is 11.1. The van der Waals surface area contributed by atoms with E-state index in [2.05, 4.69) is 25.8 Å². The summed E-state index contributed by atoms with van der Waals surface area (Å²) in [5.41, 5.74) is 2.75. The third kappa shape index (κ3) is 3.22. The lowest BCUT2D eigenvalue weighted by Crippen LogP contribution is -2.21. The van der Waals surface area contributed by atoms with Crippen LogP contribution in [0.2, 0.25) is 0 Å². The highest BCUT2D eigenvalue weighted by Gasteiger charge is 2.27. The Bertz CT molecular complexity index is 724. The fraction of sp³-hybridized carbons (Fsp3) is 0.588. The first-order valence-corrected chi connectivity index (χ1v) is 8.05. The molecular formula is C17H23N3O3. The molecule has 23 heavy (non-hydrogen) atoms. The minimum atomic E-state index is -1.03. The fourth-order valence-electron chi connectivity index (χ4n) is 3.13. The highest BCUT2D eigenvalue weighted by molar-refractivity contribution is 5.86. The lowest BCUT2D eigenvalue weighted by Gasteiger charge is -2.24. The molecule has 2 aromatic rings. The molecule has 1 aliphatic heterocycles. The van der Waals surface area contributed by atoms with Crippen LogP contribution in [0.25, 0.3) is 5.65 Å². The summed E-state index contributed by atoms with van der Waals surface area (Å²) in [5, 5.41) is 9.13. The van der Waals surface area contributed by atoms with Gasteiger partial charge in [-0.05, 0) is 25.2 Å². The van der Waals surface area contributed by atoms with Crippen molar-refractivity contribution in [3.05, 3.63) is 29.5 Å². The van der Waals surface area contributed by atoms with E-state index in [1.165, 1.54) is 0 Å². The number of aromatic carboxylic acids is 1. The van der Waals surface area contributed by atoms with Gasteiger partial charge in [-0.2, -0.15) is 0 Å². The average Bonchev–Trinajstić information content (AvgIpc) is 2.86. The zero-order valence-electron chi connectivity index (χ0n) is 13.9. The Hall–Kier alpha value is -1.95. The van der Waals surface area contributed by atoms with Crippen molar-refractivity contribution >= 4 is 11.6 Å². The lowest BCUT2D eigenvalue weighted by molar-refractivity contribution is 0.0660. The van der Waals surface area contributed by atoms with Gasteiger partial charge in [-0.3, -0.25) is 4.40 Å². The Morgan fingerprint density at radius 2 is 2.09 bits per heavy atom. The Labute approximate surface area is 135 Å².